The van der Waals surface area contributed by atoms with E-state index in [0.29, 0.717) is 0 Å². The molecule has 0 spiro atoms. The number of carbonyl (C=O) groups is 1. The Balaban J connectivity index is 1.86. The van der Waals surface area contributed by atoms with Crippen molar-refractivity contribution in [3.05, 3.63) is 23.7 Å². The number of ether oxygens (including phenoxy) is 3. The third-order valence-corrected chi connectivity index (χ3v) is 3.48. The molecule has 0 radical (unpaired) electrons. The van der Waals surface area contributed by atoms with Crippen LogP contribution in [0.1, 0.15) is 45.4 Å². The number of hydrogen-bond acceptors (Lipinski definition) is 5. The van der Waals surface area contributed by atoms with Crippen LogP contribution in [0.25, 0.3) is 0 Å². The molecule has 0 saturated carbocycles. The molecule has 0 N–H and O–H groups in total. The summed E-state index contributed by atoms with van der Waals surface area (Å²) in [5, 5.41) is -0.438. The molecule has 0 bridgehead atoms. The summed E-state index contributed by atoms with van der Waals surface area (Å²) in [6.45, 7) is 1.78. The van der Waals surface area contributed by atoms with E-state index in [-0.39, 0.29) is 12.6 Å². The van der Waals surface area contributed by atoms with Gasteiger partial charge in [-0.15, -0.1) is 0 Å². The van der Waals surface area contributed by atoms with Crippen LogP contribution in [0, 0.1) is 0 Å². The lowest BCUT2D eigenvalue weighted by Gasteiger charge is -2.22. The maximum Gasteiger partial charge on any atom is 0.318 e. The first-order valence-electron chi connectivity index (χ1n) is 7.21. The first-order valence-corrected chi connectivity index (χ1v) is 7.73. The Kier molecular flexibility index (Phi) is 5.83. The Morgan fingerprint density at radius 3 is 2.15 bits per heavy atom. The molecule has 0 fully saturated rings. The number of rotatable bonds is 7. The summed E-state index contributed by atoms with van der Waals surface area (Å²) in [5.74, 6) is 1.51. The van der Waals surface area contributed by atoms with E-state index in [1.165, 1.54) is 0 Å². The second kappa shape index (κ2) is 7.62. The summed E-state index contributed by atoms with van der Waals surface area (Å²) in [7, 11) is 0. The zero-order valence-electron chi connectivity index (χ0n) is 11.8. The van der Waals surface area contributed by atoms with Crippen LogP contribution in [-0.4, -0.2) is 24.1 Å². The monoisotopic (exact) mass is 298 g/mol. The van der Waals surface area contributed by atoms with Crippen LogP contribution in [0.3, 0.4) is 0 Å². The highest BCUT2D eigenvalue weighted by atomic mass is 32.1. The minimum atomic E-state index is -0.556. The van der Waals surface area contributed by atoms with E-state index in [2.05, 4.69) is 24.8 Å². The molecule has 0 aliphatic heterocycles. The van der Waals surface area contributed by atoms with E-state index in [0.717, 1.165) is 50.0 Å². The largest absolute Gasteiger partial charge is 0.457 e. The number of carbonyl (C=O) groups excluding carboxylic acids is 1. The predicted octanol–water partition coefficient (Wildman–Crippen LogP) is 3.34. The molecule has 20 heavy (non-hydrogen) atoms. The summed E-state index contributed by atoms with van der Waals surface area (Å²) in [4.78, 5) is 11.5. The molecule has 1 atom stereocenters. The summed E-state index contributed by atoms with van der Waals surface area (Å²) in [6, 6.07) is 0. The van der Waals surface area contributed by atoms with Crippen LogP contribution >= 0.6 is 12.6 Å². The number of esters is 1. The summed E-state index contributed by atoms with van der Waals surface area (Å²) < 4.78 is 16.8. The minimum absolute atomic E-state index is 0.0956. The van der Waals surface area contributed by atoms with E-state index in [9.17, 15) is 4.79 Å². The molecule has 0 aromatic carbocycles. The summed E-state index contributed by atoms with van der Waals surface area (Å²) in [5.41, 5.74) is 0. The average molecular weight is 298 g/mol. The zero-order chi connectivity index (χ0) is 14.4. The highest BCUT2D eigenvalue weighted by molar-refractivity contribution is 7.81. The molecule has 0 aromatic rings. The molecule has 0 aromatic heterocycles. The van der Waals surface area contributed by atoms with Gasteiger partial charge in [0.2, 0.25) is 0 Å². The van der Waals surface area contributed by atoms with Gasteiger partial charge in [-0.3, -0.25) is 4.79 Å². The lowest BCUT2D eigenvalue weighted by molar-refractivity contribution is -0.162. The number of hydrogen-bond donors (Lipinski definition) is 1. The lowest BCUT2D eigenvalue weighted by atomic mass is 10.3. The van der Waals surface area contributed by atoms with Gasteiger partial charge in [0.05, 0.1) is 16.8 Å². The van der Waals surface area contributed by atoms with Crippen molar-refractivity contribution in [2.24, 2.45) is 0 Å². The first kappa shape index (κ1) is 15.3. The van der Waals surface area contributed by atoms with Crippen molar-refractivity contribution < 1.29 is 19.0 Å². The van der Waals surface area contributed by atoms with Crippen LogP contribution in [0.15, 0.2) is 23.7 Å². The predicted molar refractivity (Wildman–Crippen MR) is 79.2 cm³/mol. The SMILES string of the molecule is CC(S)C(=O)OCC(OC1=CCCC1)OC1=CCCC1. The fourth-order valence-corrected chi connectivity index (χ4v) is 2.27. The van der Waals surface area contributed by atoms with Gasteiger partial charge in [0.15, 0.2) is 6.61 Å². The van der Waals surface area contributed by atoms with Crippen LogP contribution < -0.4 is 0 Å². The molecule has 1 unspecified atom stereocenters. The molecule has 5 heteroatoms. The van der Waals surface area contributed by atoms with Crippen LogP contribution in [0.2, 0.25) is 0 Å². The van der Waals surface area contributed by atoms with Gasteiger partial charge in [-0.25, -0.2) is 0 Å². The third kappa shape index (κ3) is 4.78. The van der Waals surface area contributed by atoms with Gasteiger partial charge >= 0.3 is 5.97 Å². The Hall–Kier alpha value is -1.10. The molecular weight excluding hydrogens is 276 g/mol. The van der Waals surface area contributed by atoms with E-state index in [1.54, 1.807) is 6.92 Å². The standard InChI is InChI=1S/C15H22O4S/c1-11(20)15(16)17-10-14(18-12-6-2-3-7-12)19-13-8-4-5-9-13/h6,8,11,14,20H,2-5,7,9-10H2,1H3. The Labute approximate surface area is 125 Å². The van der Waals surface area contributed by atoms with E-state index >= 15 is 0 Å². The van der Waals surface area contributed by atoms with Gasteiger partial charge in [0, 0.05) is 12.8 Å². The second-order valence-electron chi connectivity index (χ2n) is 5.10. The summed E-state index contributed by atoms with van der Waals surface area (Å²) >= 11 is 4.05. The van der Waals surface area contributed by atoms with Crippen LogP contribution in [-0.2, 0) is 19.0 Å². The first-order chi connectivity index (χ1) is 9.65. The van der Waals surface area contributed by atoms with Crippen LogP contribution in [0.5, 0.6) is 0 Å². The maximum absolute atomic E-state index is 11.5. The van der Waals surface area contributed by atoms with Crippen molar-refractivity contribution in [2.45, 2.75) is 57.0 Å². The fourth-order valence-electron chi connectivity index (χ4n) is 2.20. The number of allylic oxidation sites excluding steroid dienone is 4. The fraction of sp³-hybridized carbons (Fsp3) is 0.667. The normalized spacial score (nSPS) is 19.6. The van der Waals surface area contributed by atoms with Crippen molar-refractivity contribution in [3.8, 4) is 0 Å². The van der Waals surface area contributed by atoms with E-state index in [4.69, 9.17) is 14.2 Å². The molecule has 112 valence electrons. The minimum Gasteiger partial charge on any atom is -0.457 e. The highest BCUT2D eigenvalue weighted by Gasteiger charge is 2.21. The molecular formula is C15H22O4S. The topological polar surface area (TPSA) is 44.8 Å². The Morgan fingerprint density at radius 2 is 1.75 bits per heavy atom. The van der Waals surface area contributed by atoms with Crippen molar-refractivity contribution >= 4 is 18.6 Å². The summed E-state index contributed by atoms with van der Waals surface area (Å²) in [6.07, 6.45) is 9.74. The molecule has 4 nitrogen and oxygen atoms in total. The van der Waals surface area contributed by atoms with Gasteiger partial charge in [-0.2, -0.15) is 12.6 Å². The van der Waals surface area contributed by atoms with Gasteiger partial charge < -0.3 is 14.2 Å². The molecule has 0 saturated heterocycles. The van der Waals surface area contributed by atoms with Crippen molar-refractivity contribution in [3.63, 3.8) is 0 Å². The van der Waals surface area contributed by atoms with Gasteiger partial charge in [-0.1, -0.05) is 0 Å². The van der Waals surface area contributed by atoms with Gasteiger partial charge in [-0.05, 0) is 44.8 Å². The van der Waals surface area contributed by atoms with E-state index in [1.807, 2.05) is 0 Å². The average Bonchev–Trinajstić information content (AvgIpc) is 3.08. The smallest absolute Gasteiger partial charge is 0.318 e. The number of thiol groups is 1. The van der Waals surface area contributed by atoms with Gasteiger partial charge in [0.25, 0.3) is 6.29 Å². The second-order valence-corrected chi connectivity index (χ2v) is 5.87. The van der Waals surface area contributed by atoms with E-state index < -0.39 is 11.5 Å². The third-order valence-electron chi connectivity index (χ3n) is 3.27. The van der Waals surface area contributed by atoms with Crippen molar-refractivity contribution in [1.29, 1.82) is 0 Å². The van der Waals surface area contributed by atoms with Gasteiger partial charge in [0.1, 0.15) is 0 Å². The highest BCUT2D eigenvalue weighted by Crippen LogP contribution is 2.25. The maximum atomic E-state index is 11.5. The quantitative estimate of drug-likeness (QED) is 0.445. The Morgan fingerprint density at radius 1 is 1.20 bits per heavy atom. The van der Waals surface area contributed by atoms with Crippen LogP contribution in [0.4, 0.5) is 0 Å². The van der Waals surface area contributed by atoms with Crippen molar-refractivity contribution in [1.82, 2.24) is 0 Å². The Bertz CT molecular complexity index is 375. The molecule has 2 aliphatic rings. The molecule has 0 heterocycles. The molecule has 2 rings (SSSR count). The molecule has 0 amide bonds. The van der Waals surface area contributed by atoms with Crippen molar-refractivity contribution in [2.75, 3.05) is 6.61 Å². The zero-order valence-corrected chi connectivity index (χ0v) is 12.7. The molecule has 2 aliphatic carbocycles. The lowest BCUT2D eigenvalue weighted by Crippen LogP contribution is -2.27.